The van der Waals surface area contributed by atoms with Crippen LogP contribution in [0, 0.1) is 10.1 Å². The molecule has 0 amide bonds. The summed E-state index contributed by atoms with van der Waals surface area (Å²) in [7, 11) is 0. The summed E-state index contributed by atoms with van der Waals surface area (Å²) in [4.78, 5) is 10.4. The molecule has 0 unspecified atom stereocenters. The summed E-state index contributed by atoms with van der Waals surface area (Å²) in [5.41, 5.74) is 10.0. The lowest BCUT2D eigenvalue weighted by Gasteiger charge is -1.82. The highest BCUT2D eigenvalue weighted by atomic mass is 32.1. The van der Waals surface area contributed by atoms with Crippen LogP contribution < -0.4 is 11.5 Å². The molecule has 0 bridgehead atoms. The van der Waals surface area contributed by atoms with Gasteiger partial charge in [0.05, 0.1) is 16.0 Å². The molecule has 0 aliphatic rings. The van der Waals surface area contributed by atoms with Crippen molar-refractivity contribution in [3.8, 4) is 0 Å². The molecule has 0 radical (unpaired) electrons. The van der Waals surface area contributed by atoms with E-state index in [9.17, 15) is 10.1 Å². The van der Waals surface area contributed by atoms with Gasteiger partial charge in [-0.1, -0.05) is 11.3 Å². The lowest BCUT2D eigenvalue weighted by atomic mass is 10.5. The molecular weight excluding hydrogens is 206 g/mol. The first kappa shape index (κ1) is 10.1. The first-order valence-electron chi connectivity index (χ1n) is 3.46. The largest absolute Gasteiger partial charge is 0.369 e. The number of nitro groups is 1. The van der Waals surface area contributed by atoms with Crippen LogP contribution in [0.15, 0.2) is 22.3 Å². The summed E-state index contributed by atoms with van der Waals surface area (Å²) in [5, 5.41) is 17.2. The number of nitrogens with zero attached hydrogens (tertiary/aromatic N) is 3. The number of hydrogen-bond donors (Lipinski definition) is 2. The third-order valence-electron chi connectivity index (χ3n) is 1.15. The van der Waals surface area contributed by atoms with Gasteiger partial charge >= 0.3 is 5.00 Å². The SMILES string of the molecule is NC(N)=N/N=C\c1ccc([N+](=O)[O-])s1. The average Bonchev–Trinajstić information content (AvgIpc) is 2.52. The minimum Gasteiger partial charge on any atom is -0.369 e. The van der Waals surface area contributed by atoms with E-state index >= 15 is 0 Å². The van der Waals surface area contributed by atoms with Gasteiger partial charge in [0.2, 0.25) is 5.96 Å². The highest BCUT2D eigenvalue weighted by molar-refractivity contribution is 7.16. The molecule has 1 aromatic rings. The van der Waals surface area contributed by atoms with Gasteiger partial charge in [0, 0.05) is 6.07 Å². The van der Waals surface area contributed by atoms with Gasteiger partial charge in [0.25, 0.3) is 0 Å². The Balaban J connectivity index is 2.74. The van der Waals surface area contributed by atoms with E-state index in [4.69, 9.17) is 11.5 Å². The van der Waals surface area contributed by atoms with Gasteiger partial charge in [-0.05, 0) is 6.07 Å². The predicted octanol–water partition coefficient (Wildman–Crippen LogP) is 0.264. The van der Waals surface area contributed by atoms with Crippen LogP contribution in [-0.2, 0) is 0 Å². The number of guanidine groups is 1. The Bertz CT molecular complexity index is 393. The van der Waals surface area contributed by atoms with Crippen LogP contribution in [0.25, 0.3) is 0 Å². The van der Waals surface area contributed by atoms with Crippen LogP contribution in [0.5, 0.6) is 0 Å². The van der Waals surface area contributed by atoms with Crippen LogP contribution >= 0.6 is 11.3 Å². The van der Waals surface area contributed by atoms with E-state index in [1.807, 2.05) is 0 Å². The lowest BCUT2D eigenvalue weighted by Crippen LogP contribution is -2.21. The Hall–Kier alpha value is -1.96. The second kappa shape index (κ2) is 4.33. The Labute approximate surface area is 82.9 Å². The Morgan fingerprint density at radius 1 is 1.57 bits per heavy atom. The third-order valence-corrected chi connectivity index (χ3v) is 2.12. The number of nitrogens with two attached hydrogens (primary N) is 2. The number of thiophene rings is 1. The molecule has 0 atom stereocenters. The highest BCUT2D eigenvalue weighted by Crippen LogP contribution is 2.22. The van der Waals surface area contributed by atoms with E-state index in [0.29, 0.717) is 4.88 Å². The Morgan fingerprint density at radius 2 is 2.29 bits per heavy atom. The van der Waals surface area contributed by atoms with E-state index in [-0.39, 0.29) is 11.0 Å². The first-order valence-corrected chi connectivity index (χ1v) is 4.27. The van der Waals surface area contributed by atoms with Gasteiger partial charge in [-0.3, -0.25) is 10.1 Å². The molecule has 0 aromatic carbocycles. The molecule has 8 heteroatoms. The number of hydrogen-bond acceptors (Lipinski definition) is 5. The average molecular weight is 213 g/mol. The molecule has 0 saturated heterocycles. The van der Waals surface area contributed by atoms with Crippen molar-refractivity contribution in [2.75, 3.05) is 0 Å². The number of rotatable bonds is 3. The summed E-state index contributed by atoms with van der Waals surface area (Å²) in [6, 6.07) is 2.95. The topological polar surface area (TPSA) is 120 Å². The lowest BCUT2D eigenvalue weighted by molar-refractivity contribution is -0.380. The van der Waals surface area contributed by atoms with Crippen LogP contribution in [-0.4, -0.2) is 17.1 Å². The second-order valence-corrected chi connectivity index (χ2v) is 3.30. The second-order valence-electron chi connectivity index (χ2n) is 2.20. The summed E-state index contributed by atoms with van der Waals surface area (Å²) in [6.07, 6.45) is 1.34. The van der Waals surface area contributed by atoms with Gasteiger partial charge in [-0.25, -0.2) is 0 Å². The van der Waals surface area contributed by atoms with Crippen LogP contribution in [0.2, 0.25) is 0 Å². The van der Waals surface area contributed by atoms with Gasteiger partial charge < -0.3 is 11.5 Å². The van der Waals surface area contributed by atoms with E-state index < -0.39 is 4.92 Å². The normalized spacial score (nSPS) is 10.3. The fourth-order valence-electron chi connectivity index (χ4n) is 0.662. The van der Waals surface area contributed by atoms with Crippen LogP contribution in [0.4, 0.5) is 5.00 Å². The van der Waals surface area contributed by atoms with Crippen molar-refractivity contribution >= 4 is 28.5 Å². The predicted molar refractivity (Wildman–Crippen MR) is 54.4 cm³/mol. The summed E-state index contributed by atoms with van der Waals surface area (Å²) < 4.78 is 0. The monoisotopic (exact) mass is 213 g/mol. The van der Waals surface area contributed by atoms with Crippen LogP contribution in [0.3, 0.4) is 0 Å². The van der Waals surface area contributed by atoms with Crippen molar-refractivity contribution in [2.24, 2.45) is 21.7 Å². The molecule has 0 fully saturated rings. The van der Waals surface area contributed by atoms with Crippen molar-refractivity contribution in [1.82, 2.24) is 0 Å². The molecule has 4 N–H and O–H groups in total. The maximum absolute atomic E-state index is 10.3. The Morgan fingerprint density at radius 3 is 2.79 bits per heavy atom. The van der Waals surface area contributed by atoms with Gasteiger partial charge in [-0.2, -0.15) is 5.10 Å². The van der Waals surface area contributed by atoms with Crippen molar-refractivity contribution in [2.45, 2.75) is 0 Å². The molecule has 74 valence electrons. The van der Waals surface area contributed by atoms with Crippen molar-refractivity contribution in [3.05, 3.63) is 27.1 Å². The smallest absolute Gasteiger partial charge is 0.324 e. The maximum atomic E-state index is 10.3. The minimum absolute atomic E-state index is 0.0520. The van der Waals surface area contributed by atoms with E-state index in [0.717, 1.165) is 11.3 Å². The molecule has 7 nitrogen and oxygen atoms in total. The molecule has 0 aliphatic carbocycles. The zero-order chi connectivity index (χ0) is 10.6. The van der Waals surface area contributed by atoms with E-state index in [1.165, 1.54) is 12.3 Å². The standard InChI is InChI=1S/C6H7N5O2S/c7-6(8)10-9-3-4-1-2-5(14-4)11(12)13/h1-3H,(H4,7,8,10)/b9-3-. The van der Waals surface area contributed by atoms with E-state index in [2.05, 4.69) is 10.2 Å². The first-order chi connectivity index (χ1) is 6.59. The van der Waals surface area contributed by atoms with Crippen molar-refractivity contribution in [1.29, 1.82) is 0 Å². The Kier molecular flexibility index (Phi) is 3.13. The fourth-order valence-corrected chi connectivity index (χ4v) is 1.35. The molecule has 14 heavy (non-hydrogen) atoms. The molecule has 1 aromatic heterocycles. The molecule has 0 saturated carbocycles. The molecular formula is C6H7N5O2S. The summed E-state index contributed by atoms with van der Waals surface area (Å²) in [5.74, 6) is -0.160. The molecule has 0 aliphatic heterocycles. The maximum Gasteiger partial charge on any atom is 0.324 e. The molecule has 1 rings (SSSR count). The van der Waals surface area contributed by atoms with E-state index in [1.54, 1.807) is 6.07 Å². The minimum atomic E-state index is -0.470. The zero-order valence-electron chi connectivity index (χ0n) is 6.95. The molecule has 1 heterocycles. The zero-order valence-corrected chi connectivity index (χ0v) is 7.77. The summed E-state index contributed by atoms with van der Waals surface area (Å²) >= 11 is 0.993. The van der Waals surface area contributed by atoms with Gasteiger partial charge in [-0.15, -0.1) is 5.10 Å². The fraction of sp³-hybridized carbons (Fsp3) is 0. The third kappa shape index (κ3) is 2.83. The summed E-state index contributed by atoms with van der Waals surface area (Å²) in [6.45, 7) is 0. The van der Waals surface area contributed by atoms with Gasteiger partial charge in [0.1, 0.15) is 0 Å². The molecule has 0 spiro atoms. The van der Waals surface area contributed by atoms with Gasteiger partial charge in [0.15, 0.2) is 0 Å². The highest BCUT2D eigenvalue weighted by Gasteiger charge is 2.07. The van der Waals surface area contributed by atoms with Crippen molar-refractivity contribution < 1.29 is 4.92 Å². The van der Waals surface area contributed by atoms with Crippen molar-refractivity contribution in [3.63, 3.8) is 0 Å². The van der Waals surface area contributed by atoms with Crippen LogP contribution in [0.1, 0.15) is 4.88 Å². The quantitative estimate of drug-likeness (QED) is 0.324.